The van der Waals surface area contributed by atoms with E-state index in [2.05, 4.69) is 24.3 Å². The number of rotatable bonds is 4. The van der Waals surface area contributed by atoms with Crippen molar-refractivity contribution >= 4 is 0 Å². The highest BCUT2D eigenvalue weighted by Gasteiger charge is 2.66. The Morgan fingerprint density at radius 3 is 1.06 bits per heavy atom. The Morgan fingerprint density at radius 1 is 0.452 bits per heavy atom. The summed E-state index contributed by atoms with van der Waals surface area (Å²) in [4.78, 5) is 0. The van der Waals surface area contributed by atoms with Crippen LogP contribution >= 0.6 is 0 Å². The minimum Gasteiger partial charge on any atom is -0.381 e. The van der Waals surface area contributed by atoms with E-state index in [1.165, 1.54) is 0 Å². The van der Waals surface area contributed by atoms with E-state index in [1.54, 1.807) is 0 Å². The maximum Gasteiger partial charge on any atom is 0.130 e. The normalized spacial score (nSPS) is 27.8. The van der Waals surface area contributed by atoms with Gasteiger partial charge in [-0.05, 0) is 28.7 Å². The van der Waals surface area contributed by atoms with Crippen molar-refractivity contribution in [3.8, 4) is 0 Å². The molecule has 0 spiro atoms. The summed E-state index contributed by atoms with van der Waals surface area (Å²) in [5.74, 6) is -0.543. The van der Waals surface area contributed by atoms with Crippen LogP contribution < -0.4 is 0 Å². The van der Waals surface area contributed by atoms with E-state index in [9.17, 15) is 10.2 Å². The second-order valence-corrected chi connectivity index (χ2v) is 8.43. The van der Waals surface area contributed by atoms with Gasteiger partial charge in [-0.3, -0.25) is 0 Å². The summed E-state index contributed by atoms with van der Waals surface area (Å²) in [5, 5.41) is 25.3. The fourth-order valence-electron chi connectivity index (χ4n) is 5.46. The van der Waals surface area contributed by atoms with E-state index in [4.69, 9.17) is 0 Å². The zero-order chi connectivity index (χ0) is 21.3. The third-order valence-corrected chi connectivity index (χ3v) is 6.89. The summed E-state index contributed by atoms with van der Waals surface area (Å²) in [7, 11) is 0. The second-order valence-electron chi connectivity index (χ2n) is 8.43. The first-order valence-electron chi connectivity index (χ1n) is 10.8. The van der Waals surface area contributed by atoms with Gasteiger partial charge in [-0.1, -0.05) is 121 Å². The maximum absolute atomic E-state index is 12.6. The molecular formula is C29H26O2. The van der Waals surface area contributed by atoms with Gasteiger partial charge in [-0.15, -0.1) is 0 Å². The van der Waals surface area contributed by atoms with Crippen molar-refractivity contribution in [1.29, 1.82) is 0 Å². The molecular weight excluding hydrogens is 380 g/mol. The molecule has 31 heavy (non-hydrogen) atoms. The number of aliphatic hydroxyl groups is 2. The van der Waals surface area contributed by atoms with Crippen LogP contribution in [-0.2, 0) is 11.2 Å². The molecule has 4 aromatic rings. The average Bonchev–Trinajstić information content (AvgIpc) is 3.10. The fourth-order valence-corrected chi connectivity index (χ4v) is 5.46. The van der Waals surface area contributed by atoms with Crippen LogP contribution in [0.5, 0.6) is 0 Å². The fraction of sp³-hybridized carbons (Fsp3) is 0.172. The lowest BCUT2D eigenvalue weighted by Crippen LogP contribution is -2.50. The molecule has 0 radical (unpaired) electrons. The van der Waals surface area contributed by atoms with Crippen molar-refractivity contribution in [1.82, 2.24) is 0 Å². The zero-order valence-corrected chi connectivity index (χ0v) is 17.3. The molecule has 0 aliphatic heterocycles. The van der Waals surface area contributed by atoms with Crippen LogP contribution in [0, 0.1) is 0 Å². The minimum atomic E-state index is -1.50. The van der Waals surface area contributed by atoms with Crippen LogP contribution in [-0.4, -0.2) is 10.2 Å². The predicted octanol–water partition coefficient (Wildman–Crippen LogP) is 5.73. The molecule has 1 aliphatic rings. The highest BCUT2D eigenvalue weighted by Crippen LogP contribution is 2.64. The summed E-state index contributed by atoms with van der Waals surface area (Å²) < 4.78 is 0. The summed E-state index contributed by atoms with van der Waals surface area (Å²) in [6.07, 6.45) is 0.630. The Labute approximate surface area is 183 Å². The van der Waals surface area contributed by atoms with Crippen molar-refractivity contribution in [2.24, 2.45) is 0 Å². The molecule has 4 aromatic carbocycles. The van der Waals surface area contributed by atoms with Crippen molar-refractivity contribution in [3.63, 3.8) is 0 Å². The van der Waals surface area contributed by atoms with Gasteiger partial charge < -0.3 is 10.2 Å². The van der Waals surface area contributed by atoms with Crippen molar-refractivity contribution in [2.75, 3.05) is 0 Å². The molecule has 1 saturated carbocycles. The van der Waals surface area contributed by atoms with Crippen molar-refractivity contribution in [2.45, 2.75) is 29.5 Å². The van der Waals surface area contributed by atoms with Crippen LogP contribution in [0.3, 0.4) is 0 Å². The van der Waals surface area contributed by atoms with Gasteiger partial charge >= 0.3 is 0 Å². The number of benzene rings is 4. The summed E-state index contributed by atoms with van der Waals surface area (Å²) >= 11 is 0. The van der Waals surface area contributed by atoms with Gasteiger partial charge in [0, 0.05) is 11.8 Å². The molecule has 0 amide bonds. The summed E-state index contributed by atoms with van der Waals surface area (Å²) in [6, 6.07) is 39.5. The molecule has 0 aromatic heterocycles. The van der Waals surface area contributed by atoms with Gasteiger partial charge in [-0.25, -0.2) is 0 Å². The maximum atomic E-state index is 12.6. The minimum absolute atomic E-state index is 0.272. The van der Waals surface area contributed by atoms with Gasteiger partial charge in [0.15, 0.2) is 0 Å². The van der Waals surface area contributed by atoms with E-state index in [0.717, 1.165) is 22.3 Å². The Hall–Kier alpha value is -3.20. The molecule has 2 heteroatoms. The third kappa shape index (κ3) is 3.03. The largest absolute Gasteiger partial charge is 0.381 e. The average molecular weight is 407 g/mol. The topological polar surface area (TPSA) is 40.5 Å². The van der Waals surface area contributed by atoms with Crippen LogP contribution in [0.15, 0.2) is 121 Å². The molecule has 1 fully saturated rings. The molecule has 4 unspecified atom stereocenters. The predicted molar refractivity (Wildman–Crippen MR) is 124 cm³/mol. The molecule has 5 rings (SSSR count). The summed E-state index contributed by atoms with van der Waals surface area (Å²) in [6.45, 7) is 0. The van der Waals surface area contributed by atoms with Crippen LogP contribution in [0.1, 0.15) is 40.5 Å². The van der Waals surface area contributed by atoms with Crippen LogP contribution in [0.25, 0.3) is 0 Å². The van der Waals surface area contributed by atoms with Gasteiger partial charge in [0.1, 0.15) is 11.2 Å². The van der Waals surface area contributed by atoms with Crippen molar-refractivity contribution in [3.05, 3.63) is 144 Å². The first kappa shape index (κ1) is 19.7. The molecule has 0 saturated heterocycles. The van der Waals surface area contributed by atoms with E-state index in [-0.39, 0.29) is 11.8 Å². The van der Waals surface area contributed by atoms with E-state index >= 15 is 0 Å². The molecule has 2 nitrogen and oxygen atoms in total. The quantitative estimate of drug-likeness (QED) is 0.454. The van der Waals surface area contributed by atoms with Gasteiger partial charge in [0.25, 0.3) is 0 Å². The Kier molecular flexibility index (Phi) is 4.97. The Bertz CT molecular complexity index is 1040. The van der Waals surface area contributed by atoms with Gasteiger partial charge in [0.2, 0.25) is 0 Å². The first-order valence-corrected chi connectivity index (χ1v) is 10.8. The lowest BCUT2D eigenvalue weighted by Gasteiger charge is -2.44. The lowest BCUT2D eigenvalue weighted by molar-refractivity contribution is -0.158. The first-order chi connectivity index (χ1) is 15.2. The van der Waals surface area contributed by atoms with E-state index in [0.29, 0.717) is 6.42 Å². The SMILES string of the molecule is OC1(c2ccccc2)C(c2ccccc2)CC(c2ccccc2)C1(O)c1ccccc1. The number of hydrogen-bond donors (Lipinski definition) is 2. The molecule has 0 heterocycles. The molecule has 154 valence electrons. The molecule has 4 atom stereocenters. The van der Waals surface area contributed by atoms with Gasteiger partial charge in [0.05, 0.1) is 0 Å². The second kappa shape index (κ2) is 7.81. The molecule has 1 aliphatic carbocycles. The zero-order valence-electron chi connectivity index (χ0n) is 17.3. The summed E-state index contributed by atoms with van der Waals surface area (Å²) in [5.41, 5.74) is 0.514. The smallest absolute Gasteiger partial charge is 0.130 e. The van der Waals surface area contributed by atoms with E-state index in [1.807, 2.05) is 97.1 Å². The van der Waals surface area contributed by atoms with Crippen LogP contribution in [0.2, 0.25) is 0 Å². The third-order valence-electron chi connectivity index (χ3n) is 6.89. The molecule has 0 bridgehead atoms. The lowest BCUT2D eigenvalue weighted by atomic mass is 9.67. The monoisotopic (exact) mass is 406 g/mol. The van der Waals surface area contributed by atoms with E-state index < -0.39 is 11.2 Å². The van der Waals surface area contributed by atoms with Crippen molar-refractivity contribution < 1.29 is 10.2 Å². The van der Waals surface area contributed by atoms with Gasteiger partial charge in [-0.2, -0.15) is 0 Å². The van der Waals surface area contributed by atoms with Crippen LogP contribution in [0.4, 0.5) is 0 Å². The highest BCUT2D eigenvalue weighted by molar-refractivity contribution is 5.47. The highest BCUT2D eigenvalue weighted by atomic mass is 16.4. The Morgan fingerprint density at radius 2 is 0.742 bits per heavy atom. The number of hydrogen-bond acceptors (Lipinski definition) is 2. The molecule has 2 N–H and O–H groups in total. The standard InChI is InChI=1S/C29H26O2/c30-28(24-17-9-3-10-18-24)26(22-13-5-1-6-14-22)21-27(23-15-7-2-8-16-23)29(28,31)25-19-11-4-12-20-25/h1-20,26-27,30-31H,21H2. The Balaban J connectivity index is 1.81.